The van der Waals surface area contributed by atoms with Crippen LogP contribution in [0.4, 0.5) is 5.69 Å². The Morgan fingerprint density at radius 3 is 2.52 bits per heavy atom. The van der Waals surface area contributed by atoms with Crippen LogP contribution in [0.5, 0.6) is 0 Å². The number of amides is 1. The molecule has 2 aromatic rings. The Morgan fingerprint density at radius 2 is 2.00 bits per heavy atom. The molecule has 2 rings (SSSR count). The van der Waals surface area contributed by atoms with Crippen molar-refractivity contribution in [3.8, 4) is 0 Å². The maximum atomic E-state index is 12.0. The first kappa shape index (κ1) is 15.9. The lowest BCUT2D eigenvalue weighted by molar-refractivity contribution is 0.102. The summed E-state index contributed by atoms with van der Waals surface area (Å²) >= 11 is 3.23. The predicted octanol–water partition coefficient (Wildman–Crippen LogP) is 3.33. The van der Waals surface area contributed by atoms with Gasteiger partial charge in [-0.2, -0.15) is 0 Å². The van der Waals surface area contributed by atoms with Gasteiger partial charge in [0.25, 0.3) is 15.0 Å². The third-order valence-corrected chi connectivity index (χ3v) is 4.61. The van der Waals surface area contributed by atoms with Crippen LogP contribution in [-0.2, 0) is 9.05 Å². The van der Waals surface area contributed by atoms with Crippen molar-refractivity contribution < 1.29 is 13.2 Å². The standard InChI is InChI=1S/C13H10BrClN2O3S/c1-8-6-10(3-5-12(8)21(15,19)20)17-13(18)11-4-2-9(14)7-16-11/h2-7H,1H3,(H,17,18). The molecule has 1 aromatic carbocycles. The molecule has 0 atom stereocenters. The molecule has 21 heavy (non-hydrogen) atoms. The Labute approximate surface area is 134 Å². The minimum atomic E-state index is -3.79. The molecule has 1 N–H and O–H groups in total. The van der Waals surface area contributed by atoms with Crippen LogP contribution in [0.3, 0.4) is 0 Å². The van der Waals surface area contributed by atoms with Crippen LogP contribution in [0.15, 0.2) is 45.9 Å². The highest BCUT2D eigenvalue weighted by atomic mass is 79.9. The number of hydrogen-bond acceptors (Lipinski definition) is 4. The molecule has 1 heterocycles. The van der Waals surface area contributed by atoms with E-state index in [9.17, 15) is 13.2 Å². The molecule has 0 bridgehead atoms. The average Bonchev–Trinajstić information content (AvgIpc) is 2.37. The number of nitrogens with zero attached hydrogens (tertiary/aromatic N) is 1. The Bertz CT molecular complexity index is 792. The summed E-state index contributed by atoms with van der Waals surface area (Å²) < 4.78 is 23.4. The minimum Gasteiger partial charge on any atom is -0.321 e. The molecule has 0 unspecified atom stereocenters. The molecule has 0 aliphatic rings. The summed E-state index contributed by atoms with van der Waals surface area (Å²) in [5.41, 5.74) is 1.17. The van der Waals surface area contributed by atoms with Gasteiger partial charge >= 0.3 is 0 Å². The highest BCUT2D eigenvalue weighted by molar-refractivity contribution is 9.10. The van der Waals surface area contributed by atoms with Crippen LogP contribution in [0.25, 0.3) is 0 Å². The molecule has 1 aromatic heterocycles. The first-order valence-electron chi connectivity index (χ1n) is 5.75. The SMILES string of the molecule is Cc1cc(NC(=O)c2ccc(Br)cn2)ccc1S(=O)(=O)Cl. The van der Waals surface area contributed by atoms with Crippen molar-refractivity contribution in [2.45, 2.75) is 11.8 Å². The Balaban J connectivity index is 2.22. The second kappa shape index (κ2) is 6.13. The van der Waals surface area contributed by atoms with E-state index in [0.717, 1.165) is 4.47 Å². The summed E-state index contributed by atoms with van der Waals surface area (Å²) in [5.74, 6) is -0.386. The van der Waals surface area contributed by atoms with Crippen LogP contribution in [-0.4, -0.2) is 19.3 Å². The van der Waals surface area contributed by atoms with Gasteiger partial charge in [-0.1, -0.05) is 0 Å². The first-order chi connectivity index (χ1) is 9.77. The van der Waals surface area contributed by atoms with Crippen molar-refractivity contribution in [1.29, 1.82) is 0 Å². The zero-order valence-electron chi connectivity index (χ0n) is 10.8. The molecule has 0 saturated carbocycles. The van der Waals surface area contributed by atoms with Crippen LogP contribution >= 0.6 is 26.6 Å². The number of carbonyl (C=O) groups excluding carboxylic acids is 1. The summed E-state index contributed by atoms with van der Waals surface area (Å²) in [7, 11) is 1.51. The lowest BCUT2D eigenvalue weighted by atomic mass is 10.2. The lowest BCUT2D eigenvalue weighted by Gasteiger charge is -2.08. The Kier molecular flexibility index (Phi) is 4.65. The second-order valence-electron chi connectivity index (χ2n) is 4.23. The van der Waals surface area contributed by atoms with E-state index in [4.69, 9.17) is 10.7 Å². The topological polar surface area (TPSA) is 76.1 Å². The molecule has 1 amide bonds. The van der Waals surface area contributed by atoms with E-state index < -0.39 is 9.05 Å². The van der Waals surface area contributed by atoms with Crippen LogP contribution in [0, 0.1) is 6.92 Å². The maximum absolute atomic E-state index is 12.0. The van der Waals surface area contributed by atoms with E-state index in [1.807, 2.05) is 0 Å². The number of hydrogen-bond donors (Lipinski definition) is 1. The first-order valence-corrected chi connectivity index (χ1v) is 8.86. The fraction of sp³-hybridized carbons (Fsp3) is 0.0769. The summed E-state index contributed by atoms with van der Waals surface area (Å²) in [4.78, 5) is 16.0. The number of nitrogens with one attached hydrogen (secondary N) is 1. The third-order valence-electron chi connectivity index (χ3n) is 2.66. The quantitative estimate of drug-likeness (QED) is 0.817. The zero-order chi connectivity index (χ0) is 15.6. The average molecular weight is 390 g/mol. The number of rotatable bonds is 3. The molecule has 0 saturated heterocycles. The van der Waals surface area contributed by atoms with E-state index >= 15 is 0 Å². The number of halogens is 2. The van der Waals surface area contributed by atoms with Gasteiger partial charge in [0.1, 0.15) is 5.69 Å². The predicted molar refractivity (Wildman–Crippen MR) is 84.1 cm³/mol. The second-order valence-corrected chi connectivity index (χ2v) is 7.68. The Hall–Kier alpha value is -1.44. The van der Waals surface area contributed by atoms with Crippen molar-refractivity contribution in [3.63, 3.8) is 0 Å². The maximum Gasteiger partial charge on any atom is 0.274 e. The van der Waals surface area contributed by atoms with Gasteiger partial charge in [0, 0.05) is 27.0 Å². The van der Waals surface area contributed by atoms with E-state index in [1.54, 1.807) is 19.1 Å². The zero-order valence-corrected chi connectivity index (χ0v) is 14.0. The van der Waals surface area contributed by atoms with Crippen molar-refractivity contribution in [2.24, 2.45) is 0 Å². The molecular formula is C13H10BrClN2O3S. The molecule has 5 nitrogen and oxygen atoms in total. The molecule has 110 valence electrons. The molecule has 0 aliphatic carbocycles. The fourth-order valence-electron chi connectivity index (χ4n) is 1.71. The summed E-state index contributed by atoms with van der Waals surface area (Å²) in [6.45, 7) is 1.60. The molecule has 0 spiro atoms. The highest BCUT2D eigenvalue weighted by Gasteiger charge is 2.14. The molecule has 0 radical (unpaired) electrons. The van der Waals surface area contributed by atoms with Crippen molar-refractivity contribution >= 4 is 47.3 Å². The van der Waals surface area contributed by atoms with Gasteiger partial charge in [0.05, 0.1) is 4.90 Å². The van der Waals surface area contributed by atoms with Crippen LogP contribution in [0.2, 0.25) is 0 Å². The third kappa shape index (κ3) is 4.03. The van der Waals surface area contributed by atoms with Gasteiger partial charge in [-0.25, -0.2) is 13.4 Å². The van der Waals surface area contributed by atoms with E-state index in [2.05, 4.69) is 26.2 Å². The van der Waals surface area contributed by atoms with Gasteiger partial charge in [0.2, 0.25) is 0 Å². The van der Waals surface area contributed by atoms with E-state index in [0.29, 0.717) is 11.3 Å². The van der Waals surface area contributed by atoms with Gasteiger partial charge in [-0.15, -0.1) is 0 Å². The number of anilines is 1. The molecule has 0 aliphatic heterocycles. The Morgan fingerprint density at radius 1 is 1.29 bits per heavy atom. The van der Waals surface area contributed by atoms with Gasteiger partial charge in [-0.05, 0) is 58.7 Å². The number of benzene rings is 1. The normalized spacial score (nSPS) is 11.2. The molecule has 8 heteroatoms. The minimum absolute atomic E-state index is 0.0175. The lowest BCUT2D eigenvalue weighted by Crippen LogP contribution is -2.13. The number of aryl methyl sites for hydroxylation is 1. The van der Waals surface area contributed by atoms with Crippen molar-refractivity contribution in [1.82, 2.24) is 4.98 Å². The van der Waals surface area contributed by atoms with Crippen LogP contribution < -0.4 is 5.32 Å². The van der Waals surface area contributed by atoms with Gasteiger partial charge < -0.3 is 5.32 Å². The molecule has 0 fully saturated rings. The number of carbonyl (C=O) groups is 1. The summed E-state index contributed by atoms with van der Waals surface area (Å²) in [6, 6.07) is 7.63. The summed E-state index contributed by atoms with van der Waals surface area (Å²) in [6.07, 6.45) is 1.52. The fourth-order valence-corrected chi connectivity index (χ4v) is 3.13. The van der Waals surface area contributed by atoms with Gasteiger partial charge in [-0.3, -0.25) is 4.79 Å². The summed E-state index contributed by atoms with van der Waals surface area (Å²) in [5, 5.41) is 2.64. The van der Waals surface area contributed by atoms with E-state index in [1.165, 1.54) is 24.4 Å². The smallest absolute Gasteiger partial charge is 0.274 e. The number of pyridine rings is 1. The highest BCUT2D eigenvalue weighted by Crippen LogP contribution is 2.23. The van der Waals surface area contributed by atoms with Gasteiger partial charge in [0.15, 0.2) is 0 Å². The monoisotopic (exact) mass is 388 g/mol. The van der Waals surface area contributed by atoms with Crippen molar-refractivity contribution in [2.75, 3.05) is 5.32 Å². The van der Waals surface area contributed by atoms with Crippen molar-refractivity contribution in [3.05, 3.63) is 52.3 Å². The van der Waals surface area contributed by atoms with Crippen LogP contribution in [0.1, 0.15) is 16.1 Å². The number of aromatic nitrogens is 1. The van der Waals surface area contributed by atoms with E-state index in [-0.39, 0.29) is 16.5 Å². The largest absolute Gasteiger partial charge is 0.321 e. The molecular weight excluding hydrogens is 380 g/mol.